The van der Waals surface area contributed by atoms with Gasteiger partial charge in [-0.15, -0.1) is 0 Å². The summed E-state index contributed by atoms with van der Waals surface area (Å²) >= 11 is 0. The summed E-state index contributed by atoms with van der Waals surface area (Å²) in [6.07, 6.45) is 0.533. The van der Waals surface area contributed by atoms with Crippen molar-refractivity contribution in [3.63, 3.8) is 0 Å². The zero-order valence-electron chi connectivity index (χ0n) is 21.0. The van der Waals surface area contributed by atoms with E-state index in [0.29, 0.717) is 26.4 Å². The highest BCUT2D eigenvalue weighted by atomic mass is 16.5. The van der Waals surface area contributed by atoms with Crippen molar-refractivity contribution in [2.45, 2.75) is 54.4 Å². The summed E-state index contributed by atoms with van der Waals surface area (Å²) in [6.45, 7) is 14.3. The van der Waals surface area contributed by atoms with E-state index in [1.165, 1.54) is 9.80 Å². The average molecular weight is 469 g/mol. The molecule has 188 valence electrons. The Morgan fingerprint density at radius 3 is 1.18 bits per heavy atom. The molecule has 2 aliphatic rings. The summed E-state index contributed by atoms with van der Waals surface area (Å²) in [4.78, 5) is 51.6. The van der Waals surface area contributed by atoms with Crippen molar-refractivity contribution in [3.8, 4) is 0 Å². The monoisotopic (exact) mass is 468 g/mol. The zero-order chi connectivity index (χ0) is 24.8. The number of nitrogens with zero attached hydrogens (tertiary/aromatic N) is 2. The Morgan fingerprint density at radius 1 is 0.606 bits per heavy atom. The number of amides is 4. The van der Waals surface area contributed by atoms with Gasteiger partial charge < -0.3 is 14.2 Å². The second kappa shape index (κ2) is 11.5. The molecule has 0 aromatic heterocycles. The van der Waals surface area contributed by atoms with Crippen LogP contribution in [0.1, 0.15) is 54.4 Å². The van der Waals surface area contributed by atoms with Crippen molar-refractivity contribution in [3.05, 3.63) is 0 Å². The minimum absolute atomic E-state index is 0.115. The second-order valence-electron chi connectivity index (χ2n) is 10.8. The van der Waals surface area contributed by atoms with E-state index in [9.17, 15) is 19.2 Å². The maximum absolute atomic E-state index is 12.4. The Balaban J connectivity index is 1.49. The van der Waals surface area contributed by atoms with E-state index < -0.39 is 0 Å². The van der Waals surface area contributed by atoms with Gasteiger partial charge in [-0.1, -0.05) is 41.5 Å². The normalized spacial score (nSPS) is 22.2. The maximum Gasteiger partial charge on any atom is 0.233 e. The van der Waals surface area contributed by atoms with E-state index in [-0.39, 0.29) is 85.4 Å². The van der Waals surface area contributed by atoms with E-state index in [1.54, 1.807) is 0 Å². The number of carbonyl (C=O) groups is 4. The minimum Gasteiger partial charge on any atom is -0.377 e. The molecular weight excluding hydrogens is 428 g/mol. The van der Waals surface area contributed by atoms with E-state index in [2.05, 4.69) is 0 Å². The first-order chi connectivity index (χ1) is 15.3. The molecule has 2 aliphatic heterocycles. The van der Waals surface area contributed by atoms with Crippen LogP contribution in [-0.2, 0) is 33.4 Å². The molecule has 0 aliphatic carbocycles. The Bertz CT molecular complexity index is 663. The number of rotatable bonds is 12. The van der Waals surface area contributed by atoms with Crippen LogP contribution >= 0.6 is 0 Å². The molecule has 0 radical (unpaired) electrons. The Kier molecular flexibility index (Phi) is 9.58. The molecule has 2 fully saturated rings. The van der Waals surface area contributed by atoms with Crippen molar-refractivity contribution >= 4 is 23.6 Å². The molecule has 33 heavy (non-hydrogen) atoms. The van der Waals surface area contributed by atoms with E-state index in [4.69, 9.17) is 14.2 Å². The molecule has 2 unspecified atom stereocenters. The molecule has 2 heterocycles. The van der Waals surface area contributed by atoms with E-state index >= 15 is 0 Å². The van der Waals surface area contributed by atoms with Gasteiger partial charge >= 0.3 is 0 Å². The van der Waals surface area contributed by atoms with Gasteiger partial charge in [0.2, 0.25) is 23.6 Å². The molecule has 0 spiro atoms. The summed E-state index contributed by atoms with van der Waals surface area (Å²) in [7, 11) is 0. The fourth-order valence-electron chi connectivity index (χ4n) is 4.04. The summed E-state index contributed by atoms with van der Waals surface area (Å²) in [5.74, 6) is -1.04. The number of hydrogen-bond donors (Lipinski definition) is 0. The van der Waals surface area contributed by atoms with Gasteiger partial charge in [-0.25, -0.2) is 0 Å². The lowest BCUT2D eigenvalue weighted by Gasteiger charge is -2.24. The van der Waals surface area contributed by atoms with Gasteiger partial charge in [0.15, 0.2) is 0 Å². The first kappa shape index (κ1) is 27.4. The predicted octanol–water partition coefficient (Wildman–Crippen LogP) is 1.88. The van der Waals surface area contributed by atoms with Gasteiger partial charge in [-0.3, -0.25) is 29.0 Å². The lowest BCUT2D eigenvalue weighted by atomic mass is 9.80. The van der Waals surface area contributed by atoms with E-state index in [1.807, 2.05) is 41.5 Å². The van der Waals surface area contributed by atoms with Gasteiger partial charge in [-0.2, -0.15) is 0 Å². The molecule has 2 saturated heterocycles. The number of imide groups is 2. The van der Waals surface area contributed by atoms with Crippen LogP contribution in [0.25, 0.3) is 0 Å². The number of carbonyl (C=O) groups excluding carboxylic acids is 4. The summed E-state index contributed by atoms with van der Waals surface area (Å²) in [5.41, 5.74) is -0.459. The van der Waals surface area contributed by atoms with Crippen molar-refractivity contribution in [1.82, 2.24) is 9.80 Å². The van der Waals surface area contributed by atoms with Crippen LogP contribution in [0.3, 0.4) is 0 Å². The standard InChI is InChI=1S/C24H40N2O7/c1-23(2,3)17-15-19(27)25(21(17)29)7-9-31-11-13-33-14-12-32-10-8-26-20(28)16-18(22(26)30)24(4,5)6/h17-18H,7-16H2,1-6H3. The Hall–Kier alpha value is -1.84. The highest BCUT2D eigenvalue weighted by molar-refractivity contribution is 6.04. The SMILES string of the molecule is CC(C)(C)C1CC(=O)N(CCOCCOCCOCCN2C(=O)CC(C(C)(C)C)C2=O)C1=O. The van der Waals surface area contributed by atoms with Crippen LogP contribution in [0.15, 0.2) is 0 Å². The predicted molar refractivity (Wildman–Crippen MR) is 121 cm³/mol. The third-order valence-electron chi connectivity index (χ3n) is 6.24. The lowest BCUT2D eigenvalue weighted by molar-refractivity contribution is -0.142. The largest absolute Gasteiger partial charge is 0.377 e. The van der Waals surface area contributed by atoms with Crippen molar-refractivity contribution in [2.75, 3.05) is 52.7 Å². The quantitative estimate of drug-likeness (QED) is 0.318. The fraction of sp³-hybridized carbons (Fsp3) is 0.833. The molecule has 4 amide bonds. The number of hydrogen-bond acceptors (Lipinski definition) is 7. The Morgan fingerprint density at radius 2 is 0.909 bits per heavy atom. The molecule has 0 aromatic rings. The first-order valence-electron chi connectivity index (χ1n) is 11.8. The first-order valence-corrected chi connectivity index (χ1v) is 11.8. The molecule has 0 aromatic carbocycles. The topological polar surface area (TPSA) is 102 Å². The van der Waals surface area contributed by atoms with E-state index in [0.717, 1.165) is 0 Å². The highest BCUT2D eigenvalue weighted by Gasteiger charge is 2.45. The molecule has 9 nitrogen and oxygen atoms in total. The molecule has 2 rings (SSSR count). The second-order valence-corrected chi connectivity index (χ2v) is 10.8. The molecule has 0 saturated carbocycles. The average Bonchev–Trinajstić information content (AvgIpc) is 3.15. The van der Waals surface area contributed by atoms with Crippen LogP contribution in [0.4, 0.5) is 0 Å². The zero-order valence-corrected chi connectivity index (χ0v) is 21.0. The lowest BCUT2D eigenvalue weighted by Crippen LogP contribution is -2.36. The van der Waals surface area contributed by atoms with Gasteiger partial charge in [0.05, 0.1) is 64.6 Å². The Labute approximate surface area is 197 Å². The van der Waals surface area contributed by atoms with Gasteiger partial charge in [-0.05, 0) is 10.8 Å². The third-order valence-corrected chi connectivity index (χ3v) is 6.24. The van der Waals surface area contributed by atoms with Crippen LogP contribution in [0, 0.1) is 22.7 Å². The van der Waals surface area contributed by atoms with Crippen molar-refractivity contribution in [2.24, 2.45) is 22.7 Å². The van der Waals surface area contributed by atoms with Gasteiger partial charge in [0, 0.05) is 12.8 Å². The summed E-state index contributed by atoms with van der Waals surface area (Å²) in [5, 5.41) is 0. The maximum atomic E-state index is 12.4. The smallest absolute Gasteiger partial charge is 0.233 e. The van der Waals surface area contributed by atoms with Crippen molar-refractivity contribution in [1.29, 1.82) is 0 Å². The van der Waals surface area contributed by atoms with Crippen LogP contribution in [-0.4, -0.2) is 86.2 Å². The van der Waals surface area contributed by atoms with Crippen LogP contribution in [0.2, 0.25) is 0 Å². The number of likely N-dealkylation sites (tertiary alicyclic amines) is 2. The minimum atomic E-state index is -0.269. The van der Waals surface area contributed by atoms with Gasteiger partial charge in [0.25, 0.3) is 0 Å². The molecule has 9 heteroatoms. The van der Waals surface area contributed by atoms with Crippen LogP contribution in [0.5, 0.6) is 0 Å². The fourth-order valence-corrected chi connectivity index (χ4v) is 4.04. The molecular formula is C24H40N2O7. The summed E-state index contributed by atoms with van der Waals surface area (Å²) < 4.78 is 16.4. The molecule has 0 bridgehead atoms. The number of ether oxygens (including phenoxy) is 3. The summed E-state index contributed by atoms with van der Waals surface area (Å²) in [6, 6.07) is 0. The highest BCUT2D eigenvalue weighted by Crippen LogP contribution is 2.36. The van der Waals surface area contributed by atoms with Gasteiger partial charge in [0.1, 0.15) is 0 Å². The third kappa shape index (κ3) is 7.58. The molecule has 2 atom stereocenters. The van der Waals surface area contributed by atoms with Crippen LogP contribution < -0.4 is 0 Å². The van der Waals surface area contributed by atoms with Crippen molar-refractivity contribution < 1.29 is 33.4 Å². The molecule has 0 N–H and O–H groups in total.